The van der Waals surface area contributed by atoms with E-state index in [9.17, 15) is 8.42 Å². The summed E-state index contributed by atoms with van der Waals surface area (Å²) in [5.41, 5.74) is 2.99. The molecule has 0 amide bonds. The first-order chi connectivity index (χ1) is 8.40. The van der Waals surface area contributed by atoms with Crippen LogP contribution in [0.4, 0.5) is 0 Å². The van der Waals surface area contributed by atoms with Crippen molar-refractivity contribution in [3.05, 3.63) is 35.4 Å². The third-order valence-electron chi connectivity index (χ3n) is 2.68. The number of alkyl halides is 1. The van der Waals surface area contributed by atoms with Crippen molar-refractivity contribution < 1.29 is 13.0 Å². The zero-order valence-corrected chi connectivity index (χ0v) is 11.9. The van der Waals surface area contributed by atoms with E-state index in [-0.39, 0.29) is 0 Å². The van der Waals surface area contributed by atoms with Gasteiger partial charge in [-0.25, -0.2) is 0 Å². The van der Waals surface area contributed by atoms with Gasteiger partial charge in [0.25, 0.3) is 10.1 Å². The van der Waals surface area contributed by atoms with E-state index in [1.165, 1.54) is 11.1 Å². The predicted molar refractivity (Wildman–Crippen MR) is 73.6 cm³/mol. The fourth-order valence-electron chi connectivity index (χ4n) is 1.83. The Bertz CT molecular complexity index is 441. The third kappa shape index (κ3) is 6.35. The number of hydrogen-bond donors (Lipinski definition) is 1. The van der Waals surface area contributed by atoms with Crippen LogP contribution < -0.4 is 0 Å². The fraction of sp³-hybridized carbons (Fsp3) is 0.500. The van der Waals surface area contributed by atoms with Gasteiger partial charge in [-0.1, -0.05) is 24.3 Å². The van der Waals surface area contributed by atoms with Gasteiger partial charge in [0.1, 0.15) is 0 Å². The zero-order valence-electron chi connectivity index (χ0n) is 10.3. The third-order valence-corrected chi connectivity index (χ3v) is 3.02. The monoisotopic (exact) mass is 291 g/mol. The highest BCUT2D eigenvalue weighted by atomic mass is 35.5. The van der Waals surface area contributed by atoms with Gasteiger partial charge < -0.3 is 0 Å². The highest BCUT2D eigenvalue weighted by Crippen LogP contribution is 2.15. The van der Waals surface area contributed by atoms with Crippen LogP contribution in [0.25, 0.3) is 0 Å². The lowest BCUT2D eigenvalue weighted by atomic mass is 10.0. The lowest BCUT2D eigenvalue weighted by molar-refractivity contribution is 0.335. The molecule has 0 fully saturated rings. The van der Waals surface area contributed by atoms with Gasteiger partial charge in [0.2, 0.25) is 0 Å². The normalized spacial score (nSPS) is 16.2. The van der Waals surface area contributed by atoms with E-state index in [0.29, 0.717) is 12.3 Å². The number of nitrogens with zero attached hydrogens (tertiary/aromatic N) is 1. The Balaban J connectivity index is 0.000000280. The van der Waals surface area contributed by atoms with Crippen molar-refractivity contribution in [3.8, 4) is 0 Å². The van der Waals surface area contributed by atoms with Crippen molar-refractivity contribution in [1.29, 1.82) is 0 Å². The Morgan fingerprint density at radius 1 is 1.22 bits per heavy atom. The van der Waals surface area contributed by atoms with Gasteiger partial charge in [0.05, 0.1) is 12.3 Å². The Kier molecular flexibility index (Phi) is 6.08. The maximum atomic E-state index is 9.19. The summed E-state index contributed by atoms with van der Waals surface area (Å²) < 4.78 is 25.9. The van der Waals surface area contributed by atoms with Gasteiger partial charge in [-0.05, 0) is 24.0 Å². The number of fused-ring (bicyclic) bond motifs is 1. The van der Waals surface area contributed by atoms with E-state index in [0.717, 1.165) is 25.9 Å². The average molecular weight is 292 g/mol. The van der Waals surface area contributed by atoms with Crippen LogP contribution in [0.15, 0.2) is 24.3 Å². The first kappa shape index (κ1) is 15.4. The standard InChI is InChI=1S/C11H14ClN.CH4O3S/c12-9-13-7-5-10-3-1-2-4-11(10)6-8-13;1-5(2,3)4/h1-4H,5-9H2;1H3,(H,2,3,4). The molecule has 0 unspecified atom stereocenters. The molecule has 1 N–H and O–H groups in total. The zero-order chi connectivity index (χ0) is 13.6. The quantitative estimate of drug-likeness (QED) is 0.487. The average Bonchev–Trinajstić information content (AvgIpc) is 2.49. The van der Waals surface area contributed by atoms with Gasteiger partial charge in [-0.3, -0.25) is 9.45 Å². The summed E-state index contributed by atoms with van der Waals surface area (Å²) in [6.45, 7) is 2.20. The van der Waals surface area contributed by atoms with Gasteiger partial charge in [-0.15, -0.1) is 11.6 Å². The lowest BCUT2D eigenvalue weighted by Gasteiger charge is -2.14. The Hall–Kier alpha value is -0.620. The van der Waals surface area contributed by atoms with Crippen LogP contribution in [0.2, 0.25) is 0 Å². The minimum atomic E-state index is -3.67. The number of rotatable bonds is 1. The SMILES string of the molecule is CS(=O)(=O)O.ClCN1CCc2ccccc2CC1. The summed E-state index contributed by atoms with van der Waals surface area (Å²) in [7, 11) is -3.67. The van der Waals surface area contributed by atoms with Crippen molar-refractivity contribution in [2.75, 3.05) is 25.3 Å². The lowest BCUT2D eigenvalue weighted by Crippen LogP contribution is -2.24. The molecule has 0 aliphatic carbocycles. The van der Waals surface area contributed by atoms with Crippen molar-refractivity contribution in [2.24, 2.45) is 0 Å². The Labute approximate surface area is 113 Å². The largest absolute Gasteiger partial charge is 0.289 e. The molecule has 0 aromatic heterocycles. The first-order valence-corrected chi connectivity index (χ1v) is 8.06. The summed E-state index contributed by atoms with van der Waals surface area (Å²) >= 11 is 5.82. The second-order valence-electron chi connectivity index (χ2n) is 4.24. The van der Waals surface area contributed by atoms with Crippen molar-refractivity contribution in [2.45, 2.75) is 12.8 Å². The molecule has 102 valence electrons. The summed E-state index contributed by atoms with van der Waals surface area (Å²) in [6.07, 6.45) is 3.00. The van der Waals surface area contributed by atoms with E-state index >= 15 is 0 Å². The van der Waals surface area contributed by atoms with Gasteiger partial charge in [0.15, 0.2) is 0 Å². The van der Waals surface area contributed by atoms with E-state index in [1.807, 2.05) is 0 Å². The van der Waals surface area contributed by atoms with Crippen molar-refractivity contribution in [1.82, 2.24) is 4.90 Å². The molecule has 2 rings (SSSR count). The van der Waals surface area contributed by atoms with E-state index in [4.69, 9.17) is 16.2 Å². The molecule has 18 heavy (non-hydrogen) atoms. The first-order valence-electron chi connectivity index (χ1n) is 5.67. The number of benzene rings is 1. The second-order valence-corrected chi connectivity index (χ2v) is 5.94. The van der Waals surface area contributed by atoms with Crippen LogP contribution in [0, 0.1) is 0 Å². The predicted octanol–water partition coefficient (Wildman–Crippen LogP) is 1.79. The number of halogens is 1. The molecule has 0 atom stereocenters. The van der Waals surface area contributed by atoms with Crippen LogP contribution >= 0.6 is 11.6 Å². The smallest absolute Gasteiger partial charge is 0.261 e. The second kappa shape index (κ2) is 7.09. The van der Waals surface area contributed by atoms with Crippen LogP contribution in [-0.2, 0) is 23.0 Å². The molecule has 0 spiro atoms. The minimum Gasteiger partial charge on any atom is -0.289 e. The molecule has 0 saturated heterocycles. The molecule has 0 bridgehead atoms. The molecule has 1 aromatic carbocycles. The van der Waals surface area contributed by atoms with E-state index in [1.54, 1.807) is 0 Å². The van der Waals surface area contributed by atoms with Gasteiger partial charge >= 0.3 is 0 Å². The maximum absolute atomic E-state index is 9.19. The summed E-state index contributed by atoms with van der Waals surface area (Å²) in [6, 6.07) is 9.36. The van der Waals surface area contributed by atoms with Crippen LogP contribution in [-0.4, -0.2) is 43.2 Å². The van der Waals surface area contributed by atoms with Gasteiger partial charge in [-0.2, -0.15) is 8.42 Å². The van der Waals surface area contributed by atoms with E-state index in [2.05, 4.69) is 29.2 Å². The highest BCUT2D eigenvalue weighted by molar-refractivity contribution is 7.85. The molecule has 1 aromatic rings. The summed E-state index contributed by atoms with van der Waals surface area (Å²) in [4.78, 5) is 2.29. The number of hydrogen-bond acceptors (Lipinski definition) is 3. The molecule has 1 heterocycles. The molecule has 4 nitrogen and oxygen atoms in total. The minimum absolute atomic E-state index is 0.661. The summed E-state index contributed by atoms with van der Waals surface area (Å²) in [5, 5.41) is 0. The summed E-state index contributed by atoms with van der Waals surface area (Å²) in [5.74, 6) is 0. The molecular weight excluding hydrogens is 274 g/mol. The van der Waals surface area contributed by atoms with Crippen molar-refractivity contribution >= 4 is 21.7 Å². The molecular formula is C12H18ClNO3S. The highest BCUT2D eigenvalue weighted by Gasteiger charge is 2.11. The Morgan fingerprint density at radius 2 is 1.61 bits per heavy atom. The molecule has 1 aliphatic heterocycles. The van der Waals surface area contributed by atoms with E-state index < -0.39 is 10.1 Å². The van der Waals surface area contributed by atoms with Crippen LogP contribution in [0.3, 0.4) is 0 Å². The molecule has 1 aliphatic rings. The fourth-order valence-corrected chi connectivity index (χ4v) is 2.07. The Morgan fingerprint density at radius 3 is 1.94 bits per heavy atom. The van der Waals surface area contributed by atoms with Crippen LogP contribution in [0.1, 0.15) is 11.1 Å². The maximum Gasteiger partial charge on any atom is 0.261 e. The van der Waals surface area contributed by atoms with Crippen molar-refractivity contribution in [3.63, 3.8) is 0 Å². The van der Waals surface area contributed by atoms with Crippen LogP contribution in [0.5, 0.6) is 0 Å². The molecule has 0 saturated carbocycles. The molecule has 6 heteroatoms. The topological polar surface area (TPSA) is 57.6 Å². The van der Waals surface area contributed by atoms with Gasteiger partial charge in [0, 0.05) is 13.1 Å². The molecule has 0 radical (unpaired) electrons.